The lowest BCUT2D eigenvalue weighted by Crippen LogP contribution is -2.31. The van der Waals surface area contributed by atoms with Gasteiger partial charge in [0.05, 0.1) is 5.56 Å². The van der Waals surface area contributed by atoms with Crippen LogP contribution < -0.4 is 4.74 Å². The Morgan fingerprint density at radius 2 is 1.89 bits per heavy atom. The third kappa shape index (κ3) is 4.35. The molecule has 0 spiro atoms. The fourth-order valence-corrected chi connectivity index (χ4v) is 2.28. The largest absolute Gasteiger partial charge is 0.480 e. The minimum absolute atomic E-state index is 0.0744. The van der Waals surface area contributed by atoms with Crippen molar-refractivity contribution >= 4 is 5.97 Å². The molecule has 2 N–H and O–H groups in total. The Balaban J connectivity index is 2.59. The lowest BCUT2D eigenvalue weighted by molar-refractivity contribution is -0.189. The number of rotatable bonds is 5. The number of alkyl halides is 3. The molecule has 0 amide bonds. The molecule has 11 heteroatoms. The summed E-state index contributed by atoms with van der Waals surface area (Å²) in [6, 6.07) is 1.33. The highest BCUT2D eigenvalue weighted by molar-refractivity contribution is 5.91. The van der Waals surface area contributed by atoms with Crippen LogP contribution in [0.5, 0.6) is 5.75 Å². The van der Waals surface area contributed by atoms with Crippen molar-refractivity contribution in [3.8, 4) is 17.1 Å². The zero-order chi connectivity index (χ0) is 20.7. The maximum Gasteiger partial charge on any atom is 0.425 e. The predicted molar refractivity (Wildman–Crippen MR) is 84.7 cm³/mol. The van der Waals surface area contributed by atoms with Crippen LogP contribution in [-0.4, -0.2) is 43.2 Å². The first kappa shape index (κ1) is 20.6. The van der Waals surface area contributed by atoms with Gasteiger partial charge in [-0.1, -0.05) is 0 Å². The average molecular weight is 391 g/mol. The normalized spacial score (nSPS) is 13.5. The topological polar surface area (TPSA) is 97.5 Å². The molecule has 0 aliphatic carbocycles. The van der Waals surface area contributed by atoms with Gasteiger partial charge < -0.3 is 14.9 Å². The van der Waals surface area contributed by atoms with Crippen molar-refractivity contribution in [3.05, 3.63) is 29.3 Å². The fraction of sp³-hybridized carbons (Fsp3) is 0.438. The van der Waals surface area contributed by atoms with Gasteiger partial charge in [-0.15, -0.1) is 0 Å². The number of hydrogen-bond acceptors (Lipinski definition) is 5. The van der Waals surface area contributed by atoms with Crippen LogP contribution in [0.25, 0.3) is 11.4 Å². The molecular weight excluding hydrogens is 374 g/mol. The second kappa shape index (κ2) is 6.80. The quantitative estimate of drug-likeness (QED) is 0.761. The van der Waals surface area contributed by atoms with Crippen molar-refractivity contribution in [1.82, 2.24) is 14.8 Å². The molecule has 0 saturated heterocycles. The number of carboxylic acid groups (broad SMARTS) is 1. The van der Waals surface area contributed by atoms with Crippen LogP contribution in [0.3, 0.4) is 0 Å². The van der Waals surface area contributed by atoms with Crippen LogP contribution in [0, 0.1) is 5.82 Å². The van der Waals surface area contributed by atoms with Crippen molar-refractivity contribution in [2.24, 2.45) is 7.05 Å². The molecule has 27 heavy (non-hydrogen) atoms. The van der Waals surface area contributed by atoms with Crippen molar-refractivity contribution in [1.29, 1.82) is 0 Å². The van der Waals surface area contributed by atoms with E-state index < -0.39 is 41.0 Å². The average Bonchev–Trinajstić information content (AvgIpc) is 2.89. The Morgan fingerprint density at radius 3 is 2.33 bits per heavy atom. The monoisotopic (exact) mass is 391 g/mol. The summed E-state index contributed by atoms with van der Waals surface area (Å²) in [5.74, 6) is -3.57. The Bertz CT molecular complexity index is 872. The van der Waals surface area contributed by atoms with E-state index in [0.29, 0.717) is 13.0 Å². The number of aryl methyl sites for hydroxylation is 1. The molecule has 0 aliphatic rings. The van der Waals surface area contributed by atoms with Crippen LogP contribution in [0.4, 0.5) is 17.6 Å². The number of carbonyl (C=O) groups is 1. The van der Waals surface area contributed by atoms with E-state index in [9.17, 15) is 27.5 Å². The van der Waals surface area contributed by atoms with Gasteiger partial charge in [0.1, 0.15) is 22.7 Å². The second-order valence-corrected chi connectivity index (χ2v) is 6.38. The maximum absolute atomic E-state index is 14.4. The van der Waals surface area contributed by atoms with Gasteiger partial charge in [-0.2, -0.15) is 18.3 Å². The van der Waals surface area contributed by atoms with Crippen LogP contribution in [-0.2, 0) is 12.6 Å². The molecule has 1 unspecified atom stereocenters. The van der Waals surface area contributed by atoms with Crippen molar-refractivity contribution in [2.75, 3.05) is 0 Å². The van der Waals surface area contributed by atoms with Gasteiger partial charge in [0.2, 0.25) is 0 Å². The van der Waals surface area contributed by atoms with Crippen molar-refractivity contribution < 1.29 is 37.3 Å². The Kier molecular flexibility index (Phi) is 5.19. The summed E-state index contributed by atoms with van der Waals surface area (Å²) >= 11 is 0. The first-order valence-corrected chi connectivity index (χ1v) is 7.66. The van der Waals surface area contributed by atoms with Gasteiger partial charge in [-0.25, -0.2) is 18.9 Å². The molecule has 0 radical (unpaired) electrons. The number of aromatic carboxylic acids is 1. The lowest BCUT2D eigenvalue weighted by Gasteiger charge is -2.19. The van der Waals surface area contributed by atoms with E-state index in [-0.39, 0.29) is 17.2 Å². The maximum atomic E-state index is 14.4. The summed E-state index contributed by atoms with van der Waals surface area (Å²) in [6.45, 7) is 3.54. The highest BCUT2D eigenvalue weighted by atomic mass is 19.4. The molecule has 7 nitrogen and oxygen atoms in total. The molecule has 2 rings (SSSR count). The van der Waals surface area contributed by atoms with Gasteiger partial charge >= 0.3 is 12.1 Å². The van der Waals surface area contributed by atoms with Gasteiger partial charge in [0.25, 0.3) is 0 Å². The second-order valence-electron chi connectivity index (χ2n) is 6.38. The van der Waals surface area contributed by atoms with E-state index in [1.54, 1.807) is 0 Å². The molecule has 0 saturated carbocycles. The lowest BCUT2D eigenvalue weighted by atomic mass is 10.1. The third-order valence-corrected chi connectivity index (χ3v) is 3.62. The first-order chi connectivity index (χ1) is 12.2. The molecule has 0 aliphatic heterocycles. The van der Waals surface area contributed by atoms with E-state index in [0.717, 1.165) is 6.07 Å². The Hall–Kier alpha value is -2.69. The van der Waals surface area contributed by atoms with Crippen LogP contribution in [0.15, 0.2) is 12.1 Å². The highest BCUT2D eigenvalue weighted by Crippen LogP contribution is 2.33. The summed E-state index contributed by atoms with van der Waals surface area (Å²) in [6.07, 6.45) is -7.07. The number of aliphatic hydroxyl groups is 1. The van der Waals surface area contributed by atoms with E-state index >= 15 is 0 Å². The van der Waals surface area contributed by atoms with Crippen LogP contribution in [0.1, 0.15) is 37.0 Å². The van der Waals surface area contributed by atoms with E-state index in [2.05, 4.69) is 10.1 Å². The number of benzene rings is 1. The number of aromatic nitrogens is 3. The standard InChI is InChI=1S/C16H17F4N3O4/c1-7(16(18,19)20)27-11-6-8(10(17)5-9(11)13(24)25)12-21-14(15(2,3)26)23(4)22-12/h5-7,26H,1-4H3,(H,24,25). The van der Waals surface area contributed by atoms with Crippen molar-refractivity contribution in [3.63, 3.8) is 0 Å². The summed E-state index contributed by atoms with van der Waals surface area (Å²) in [5, 5.41) is 23.1. The van der Waals surface area contributed by atoms with Crippen molar-refractivity contribution in [2.45, 2.75) is 38.7 Å². The molecule has 0 bridgehead atoms. The van der Waals surface area contributed by atoms with Crippen LogP contribution in [0.2, 0.25) is 0 Å². The molecular formula is C16H17F4N3O4. The van der Waals surface area contributed by atoms with Gasteiger partial charge in [-0.3, -0.25) is 0 Å². The van der Waals surface area contributed by atoms with Gasteiger partial charge in [0, 0.05) is 7.05 Å². The van der Waals surface area contributed by atoms with Crippen LogP contribution >= 0.6 is 0 Å². The van der Waals surface area contributed by atoms with E-state index in [4.69, 9.17) is 9.84 Å². The summed E-state index contributed by atoms with van der Waals surface area (Å²) in [5.41, 5.74) is -2.55. The Morgan fingerprint density at radius 1 is 1.30 bits per heavy atom. The molecule has 0 fully saturated rings. The number of halogens is 4. The number of nitrogens with zero attached hydrogens (tertiary/aromatic N) is 3. The third-order valence-electron chi connectivity index (χ3n) is 3.62. The molecule has 2 aromatic rings. The Labute approximate surface area is 151 Å². The first-order valence-electron chi connectivity index (χ1n) is 7.66. The van der Waals surface area contributed by atoms with Gasteiger partial charge in [0.15, 0.2) is 17.8 Å². The predicted octanol–water partition coefficient (Wildman–Crippen LogP) is 2.88. The summed E-state index contributed by atoms with van der Waals surface area (Å²) < 4.78 is 58.5. The SMILES string of the molecule is CC(Oc1cc(-c2nc(C(C)(C)O)n(C)n2)c(F)cc1C(=O)O)C(F)(F)F. The molecule has 1 heterocycles. The zero-order valence-electron chi connectivity index (χ0n) is 14.8. The van der Waals surface area contributed by atoms with E-state index in [1.807, 2.05) is 0 Å². The highest BCUT2D eigenvalue weighted by Gasteiger charge is 2.39. The van der Waals surface area contributed by atoms with Gasteiger partial charge in [-0.05, 0) is 32.9 Å². The van der Waals surface area contributed by atoms with E-state index in [1.165, 1.54) is 25.6 Å². The molecule has 1 aromatic carbocycles. The minimum Gasteiger partial charge on any atom is -0.480 e. The fourth-order valence-electron chi connectivity index (χ4n) is 2.28. The number of carboxylic acids is 1. The summed E-state index contributed by atoms with van der Waals surface area (Å²) in [4.78, 5) is 15.2. The smallest absolute Gasteiger partial charge is 0.425 e. The molecule has 148 valence electrons. The number of ether oxygens (including phenoxy) is 1. The minimum atomic E-state index is -4.75. The molecule has 1 atom stereocenters. The zero-order valence-corrected chi connectivity index (χ0v) is 14.8. The number of hydrogen-bond donors (Lipinski definition) is 2. The molecule has 1 aromatic heterocycles. The summed E-state index contributed by atoms with van der Waals surface area (Å²) in [7, 11) is 1.44.